The molecule has 0 fully saturated rings. The molecule has 0 aliphatic carbocycles. The second-order valence-electron chi connectivity index (χ2n) is 5.61. The van der Waals surface area contributed by atoms with E-state index in [1.807, 2.05) is 54.6 Å². The maximum atomic E-state index is 12.2. The normalized spacial score (nSPS) is 11.9. The van der Waals surface area contributed by atoms with Crippen LogP contribution in [-0.4, -0.2) is 12.0 Å². The first-order chi connectivity index (χ1) is 11.6. The van der Waals surface area contributed by atoms with Gasteiger partial charge in [-0.3, -0.25) is 4.79 Å². The molecule has 4 heteroatoms. The van der Waals surface area contributed by atoms with Crippen LogP contribution < -0.4 is 10.1 Å². The van der Waals surface area contributed by atoms with E-state index in [1.165, 1.54) is 0 Å². The molecule has 3 rings (SSSR count). The van der Waals surface area contributed by atoms with Gasteiger partial charge in [0.25, 0.3) is 5.91 Å². The van der Waals surface area contributed by atoms with E-state index in [1.54, 1.807) is 19.1 Å². The van der Waals surface area contributed by atoms with Gasteiger partial charge >= 0.3 is 0 Å². The summed E-state index contributed by atoms with van der Waals surface area (Å²) in [5, 5.41) is 5.78. The Morgan fingerprint density at radius 2 is 1.75 bits per heavy atom. The van der Waals surface area contributed by atoms with Crippen molar-refractivity contribution in [3.63, 3.8) is 0 Å². The summed E-state index contributed by atoms with van der Waals surface area (Å²) in [5.74, 6) is 0.529. The molecular weight excluding hydrogens is 322 g/mol. The number of ether oxygens (including phenoxy) is 1. The molecule has 3 aromatic carbocycles. The molecule has 122 valence electrons. The highest BCUT2D eigenvalue weighted by Gasteiger charge is 2.14. The van der Waals surface area contributed by atoms with Crippen LogP contribution in [0.25, 0.3) is 10.8 Å². The van der Waals surface area contributed by atoms with Crippen molar-refractivity contribution in [2.24, 2.45) is 0 Å². The molecule has 0 radical (unpaired) electrons. The molecule has 0 saturated carbocycles. The minimum Gasteiger partial charge on any atom is -0.481 e. The average Bonchev–Trinajstić information content (AvgIpc) is 2.61. The van der Waals surface area contributed by atoms with Crippen LogP contribution in [-0.2, 0) is 11.3 Å². The van der Waals surface area contributed by atoms with Crippen molar-refractivity contribution in [1.82, 2.24) is 5.32 Å². The van der Waals surface area contributed by atoms with Gasteiger partial charge in [-0.25, -0.2) is 0 Å². The van der Waals surface area contributed by atoms with Crippen LogP contribution in [0.1, 0.15) is 12.5 Å². The molecule has 0 heterocycles. The highest BCUT2D eigenvalue weighted by atomic mass is 35.5. The first-order valence-corrected chi connectivity index (χ1v) is 8.17. The highest BCUT2D eigenvalue weighted by molar-refractivity contribution is 6.30. The van der Waals surface area contributed by atoms with E-state index < -0.39 is 6.10 Å². The van der Waals surface area contributed by atoms with Crippen molar-refractivity contribution in [3.8, 4) is 5.75 Å². The van der Waals surface area contributed by atoms with Crippen molar-refractivity contribution < 1.29 is 9.53 Å². The lowest BCUT2D eigenvalue weighted by molar-refractivity contribution is -0.127. The van der Waals surface area contributed by atoms with Gasteiger partial charge in [0.05, 0.1) is 0 Å². The number of benzene rings is 3. The standard InChI is InChI=1S/C20H18ClNO2/c1-14(20(23)22-13-15-6-9-18(21)10-7-15)24-19-11-8-16-4-2-3-5-17(16)12-19/h2-12,14H,13H2,1H3,(H,22,23). The lowest BCUT2D eigenvalue weighted by Crippen LogP contribution is -2.35. The molecule has 0 bridgehead atoms. The third kappa shape index (κ3) is 4.06. The number of hydrogen-bond donors (Lipinski definition) is 1. The number of nitrogens with one attached hydrogen (secondary N) is 1. The van der Waals surface area contributed by atoms with Gasteiger partial charge in [-0.2, -0.15) is 0 Å². The zero-order valence-electron chi connectivity index (χ0n) is 13.3. The average molecular weight is 340 g/mol. The SMILES string of the molecule is CC(Oc1ccc2ccccc2c1)C(=O)NCc1ccc(Cl)cc1. The molecule has 1 N–H and O–H groups in total. The van der Waals surface area contributed by atoms with Gasteiger partial charge in [-0.15, -0.1) is 0 Å². The van der Waals surface area contributed by atoms with Crippen molar-refractivity contribution in [2.45, 2.75) is 19.6 Å². The van der Waals surface area contributed by atoms with Gasteiger partial charge < -0.3 is 10.1 Å². The monoisotopic (exact) mass is 339 g/mol. The Morgan fingerprint density at radius 3 is 2.50 bits per heavy atom. The van der Waals surface area contributed by atoms with E-state index in [4.69, 9.17) is 16.3 Å². The van der Waals surface area contributed by atoms with Crippen molar-refractivity contribution in [2.75, 3.05) is 0 Å². The molecule has 0 aromatic heterocycles. The third-order valence-corrected chi connectivity index (χ3v) is 4.03. The minimum absolute atomic E-state index is 0.155. The van der Waals surface area contributed by atoms with E-state index in [0.717, 1.165) is 16.3 Å². The Morgan fingerprint density at radius 1 is 1.04 bits per heavy atom. The van der Waals surface area contributed by atoms with E-state index in [9.17, 15) is 4.79 Å². The smallest absolute Gasteiger partial charge is 0.261 e. The van der Waals surface area contributed by atoms with Crippen LogP contribution >= 0.6 is 11.6 Å². The molecule has 0 saturated heterocycles. The molecule has 1 amide bonds. The summed E-state index contributed by atoms with van der Waals surface area (Å²) in [7, 11) is 0. The molecule has 0 aliphatic rings. The van der Waals surface area contributed by atoms with Gasteiger partial charge in [0.15, 0.2) is 6.10 Å². The number of carbonyl (C=O) groups excluding carboxylic acids is 1. The summed E-state index contributed by atoms with van der Waals surface area (Å²) in [4.78, 5) is 12.2. The molecule has 1 unspecified atom stereocenters. The maximum absolute atomic E-state index is 12.2. The van der Waals surface area contributed by atoms with Crippen LogP contribution in [0.5, 0.6) is 5.75 Å². The molecule has 0 spiro atoms. The molecule has 3 nitrogen and oxygen atoms in total. The molecule has 24 heavy (non-hydrogen) atoms. The van der Waals surface area contributed by atoms with Gasteiger partial charge in [0, 0.05) is 11.6 Å². The van der Waals surface area contributed by atoms with Crippen molar-refractivity contribution >= 4 is 28.3 Å². The number of rotatable bonds is 5. The van der Waals surface area contributed by atoms with Crippen LogP contribution in [0.2, 0.25) is 5.02 Å². The third-order valence-electron chi connectivity index (χ3n) is 3.78. The predicted molar refractivity (Wildman–Crippen MR) is 97.3 cm³/mol. The van der Waals surface area contributed by atoms with Gasteiger partial charge in [-0.1, -0.05) is 54.1 Å². The number of fused-ring (bicyclic) bond motifs is 1. The predicted octanol–water partition coefficient (Wildman–Crippen LogP) is 4.58. The Kier molecular flexibility index (Phi) is 5.02. The quantitative estimate of drug-likeness (QED) is 0.739. The van der Waals surface area contributed by atoms with Gasteiger partial charge in [0.2, 0.25) is 0 Å². The minimum atomic E-state index is -0.571. The molecular formula is C20H18ClNO2. The fourth-order valence-corrected chi connectivity index (χ4v) is 2.56. The summed E-state index contributed by atoms with van der Waals surface area (Å²) >= 11 is 5.85. The zero-order valence-corrected chi connectivity index (χ0v) is 14.1. The molecule has 1 atom stereocenters. The summed E-state index contributed by atoms with van der Waals surface area (Å²) in [6, 6.07) is 21.2. The van der Waals surface area contributed by atoms with Crippen LogP contribution in [0.15, 0.2) is 66.7 Å². The fourth-order valence-electron chi connectivity index (χ4n) is 2.43. The maximum Gasteiger partial charge on any atom is 0.261 e. The van der Waals surface area contributed by atoms with Gasteiger partial charge in [-0.05, 0) is 47.5 Å². The van der Waals surface area contributed by atoms with E-state index in [2.05, 4.69) is 5.32 Å². The summed E-state index contributed by atoms with van der Waals surface area (Å²) in [5.41, 5.74) is 0.991. The Hall–Kier alpha value is -2.52. The number of carbonyl (C=O) groups is 1. The van der Waals surface area contributed by atoms with Crippen molar-refractivity contribution in [1.29, 1.82) is 0 Å². The first kappa shape index (κ1) is 16.3. The largest absolute Gasteiger partial charge is 0.481 e. The highest BCUT2D eigenvalue weighted by Crippen LogP contribution is 2.21. The Balaban J connectivity index is 1.59. The fraction of sp³-hybridized carbons (Fsp3) is 0.150. The molecule has 0 aliphatic heterocycles. The van der Waals surface area contributed by atoms with Crippen LogP contribution in [0, 0.1) is 0 Å². The van der Waals surface area contributed by atoms with Crippen LogP contribution in [0.4, 0.5) is 0 Å². The topological polar surface area (TPSA) is 38.3 Å². The van der Waals surface area contributed by atoms with Crippen LogP contribution in [0.3, 0.4) is 0 Å². The first-order valence-electron chi connectivity index (χ1n) is 7.79. The second-order valence-corrected chi connectivity index (χ2v) is 6.05. The molecule has 3 aromatic rings. The zero-order chi connectivity index (χ0) is 16.9. The summed E-state index contributed by atoms with van der Waals surface area (Å²) in [6.07, 6.45) is -0.571. The van der Waals surface area contributed by atoms with Gasteiger partial charge in [0.1, 0.15) is 5.75 Å². The summed E-state index contributed by atoms with van der Waals surface area (Å²) in [6.45, 7) is 2.19. The lowest BCUT2D eigenvalue weighted by atomic mass is 10.1. The Bertz CT molecular complexity index is 846. The van der Waals surface area contributed by atoms with E-state index in [-0.39, 0.29) is 5.91 Å². The second kappa shape index (κ2) is 7.37. The number of halogens is 1. The summed E-state index contributed by atoms with van der Waals surface area (Å²) < 4.78 is 5.76. The van der Waals surface area contributed by atoms with E-state index >= 15 is 0 Å². The Labute approximate surface area is 146 Å². The van der Waals surface area contributed by atoms with E-state index in [0.29, 0.717) is 17.3 Å². The van der Waals surface area contributed by atoms with Crippen molar-refractivity contribution in [3.05, 3.63) is 77.3 Å². The number of amides is 1. The lowest BCUT2D eigenvalue weighted by Gasteiger charge is -2.15. The number of hydrogen-bond acceptors (Lipinski definition) is 2.